The SMILES string of the molecule is C[C@H]1CCCC[C@H]1NC(=O)/C(C#N)=C/c1ccccc1OCc1cccc(Cl)c1. The summed E-state index contributed by atoms with van der Waals surface area (Å²) >= 11 is 6.03. The maximum Gasteiger partial charge on any atom is 0.262 e. The first-order valence-corrected chi connectivity index (χ1v) is 10.3. The number of nitrogens with zero attached hydrogens (tertiary/aromatic N) is 1. The van der Waals surface area contributed by atoms with Gasteiger partial charge in [0, 0.05) is 16.6 Å². The number of hydrogen-bond donors (Lipinski definition) is 1. The number of benzene rings is 2. The van der Waals surface area contributed by atoms with Crippen molar-refractivity contribution in [1.29, 1.82) is 5.26 Å². The molecule has 0 aromatic heterocycles. The van der Waals surface area contributed by atoms with Gasteiger partial charge < -0.3 is 10.1 Å². The molecule has 1 fully saturated rings. The third kappa shape index (κ3) is 5.85. The number of carbonyl (C=O) groups excluding carboxylic acids is 1. The van der Waals surface area contributed by atoms with Gasteiger partial charge in [-0.05, 0) is 48.6 Å². The highest BCUT2D eigenvalue weighted by Gasteiger charge is 2.24. The lowest BCUT2D eigenvalue weighted by Crippen LogP contribution is -2.41. The first kappa shape index (κ1) is 21.0. The van der Waals surface area contributed by atoms with E-state index in [0.717, 1.165) is 24.8 Å². The zero-order valence-electron chi connectivity index (χ0n) is 16.5. The molecule has 1 amide bonds. The number of ether oxygens (including phenoxy) is 1. The minimum Gasteiger partial charge on any atom is -0.488 e. The summed E-state index contributed by atoms with van der Waals surface area (Å²) in [5, 5.41) is 13.2. The van der Waals surface area contributed by atoms with E-state index in [9.17, 15) is 10.1 Å². The molecule has 1 aliphatic rings. The second kappa shape index (κ2) is 10.1. The number of amides is 1. The predicted molar refractivity (Wildman–Crippen MR) is 115 cm³/mol. The van der Waals surface area contributed by atoms with Crippen LogP contribution >= 0.6 is 11.6 Å². The van der Waals surface area contributed by atoms with Crippen molar-refractivity contribution < 1.29 is 9.53 Å². The number of carbonyl (C=O) groups is 1. The number of para-hydroxylation sites is 1. The van der Waals surface area contributed by atoms with E-state index in [1.807, 2.05) is 54.6 Å². The summed E-state index contributed by atoms with van der Waals surface area (Å²) < 4.78 is 5.93. The second-order valence-corrected chi connectivity index (χ2v) is 7.90. The molecule has 2 aromatic rings. The Kier molecular flexibility index (Phi) is 7.32. The molecule has 0 unspecified atom stereocenters. The van der Waals surface area contributed by atoms with E-state index in [4.69, 9.17) is 16.3 Å². The normalized spacial score (nSPS) is 19.3. The monoisotopic (exact) mass is 408 g/mol. The summed E-state index contributed by atoms with van der Waals surface area (Å²) in [5.74, 6) is 0.718. The van der Waals surface area contributed by atoms with Gasteiger partial charge in [0.05, 0.1) is 0 Å². The summed E-state index contributed by atoms with van der Waals surface area (Å²) in [6.07, 6.45) is 5.98. The molecular formula is C24H25ClN2O2. The Morgan fingerprint density at radius 3 is 2.79 bits per heavy atom. The molecule has 1 N–H and O–H groups in total. The Hall–Kier alpha value is -2.77. The summed E-state index contributed by atoms with van der Waals surface area (Å²) in [4.78, 5) is 12.7. The van der Waals surface area contributed by atoms with Crippen LogP contribution in [-0.2, 0) is 11.4 Å². The Morgan fingerprint density at radius 1 is 1.24 bits per heavy atom. The van der Waals surface area contributed by atoms with Crippen LogP contribution in [0.2, 0.25) is 5.02 Å². The van der Waals surface area contributed by atoms with Crippen LogP contribution in [0.3, 0.4) is 0 Å². The fourth-order valence-corrected chi connectivity index (χ4v) is 3.81. The number of nitrogens with one attached hydrogen (secondary N) is 1. The van der Waals surface area contributed by atoms with Crippen LogP contribution in [0, 0.1) is 17.2 Å². The van der Waals surface area contributed by atoms with E-state index < -0.39 is 0 Å². The van der Waals surface area contributed by atoms with Gasteiger partial charge in [-0.2, -0.15) is 5.26 Å². The average Bonchev–Trinajstić information content (AvgIpc) is 2.73. The highest BCUT2D eigenvalue weighted by Crippen LogP contribution is 2.25. The van der Waals surface area contributed by atoms with Gasteiger partial charge in [-0.1, -0.05) is 61.7 Å². The number of rotatable bonds is 6. The first-order valence-electron chi connectivity index (χ1n) is 9.95. The average molecular weight is 409 g/mol. The van der Waals surface area contributed by atoms with Gasteiger partial charge in [-0.15, -0.1) is 0 Å². The lowest BCUT2D eigenvalue weighted by molar-refractivity contribution is -0.118. The van der Waals surface area contributed by atoms with Gasteiger partial charge in [0.2, 0.25) is 0 Å². The summed E-state index contributed by atoms with van der Waals surface area (Å²) in [6, 6.07) is 17.0. The molecule has 4 nitrogen and oxygen atoms in total. The highest BCUT2D eigenvalue weighted by atomic mass is 35.5. The fourth-order valence-electron chi connectivity index (χ4n) is 3.60. The minimum atomic E-state index is -0.323. The minimum absolute atomic E-state index is 0.0848. The van der Waals surface area contributed by atoms with Gasteiger partial charge in [0.1, 0.15) is 24.0 Å². The topological polar surface area (TPSA) is 62.1 Å². The van der Waals surface area contributed by atoms with Crippen molar-refractivity contribution in [3.8, 4) is 11.8 Å². The molecular weight excluding hydrogens is 384 g/mol. The van der Waals surface area contributed by atoms with Crippen molar-refractivity contribution in [2.45, 2.75) is 45.3 Å². The molecule has 1 saturated carbocycles. The highest BCUT2D eigenvalue weighted by molar-refractivity contribution is 6.30. The molecule has 0 heterocycles. The molecule has 150 valence electrons. The summed E-state index contributed by atoms with van der Waals surface area (Å²) in [7, 11) is 0. The van der Waals surface area contributed by atoms with Crippen LogP contribution in [-0.4, -0.2) is 11.9 Å². The molecule has 29 heavy (non-hydrogen) atoms. The van der Waals surface area contributed by atoms with Crippen LogP contribution in [0.4, 0.5) is 0 Å². The maximum absolute atomic E-state index is 12.7. The van der Waals surface area contributed by atoms with E-state index >= 15 is 0 Å². The third-order valence-corrected chi connectivity index (χ3v) is 5.53. The molecule has 2 aromatic carbocycles. The predicted octanol–water partition coefficient (Wildman–Crippen LogP) is 5.52. The van der Waals surface area contributed by atoms with Gasteiger partial charge >= 0.3 is 0 Å². The molecule has 3 rings (SSSR count). The number of hydrogen-bond acceptors (Lipinski definition) is 3. The van der Waals surface area contributed by atoms with Gasteiger partial charge in [-0.3, -0.25) is 4.79 Å². The summed E-state index contributed by atoms with van der Waals surface area (Å²) in [6.45, 7) is 2.50. The van der Waals surface area contributed by atoms with E-state index in [-0.39, 0.29) is 17.5 Å². The van der Waals surface area contributed by atoms with Gasteiger partial charge in [0.15, 0.2) is 0 Å². The largest absolute Gasteiger partial charge is 0.488 e. The summed E-state index contributed by atoms with van der Waals surface area (Å²) in [5.41, 5.74) is 1.72. The number of nitriles is 1. The smallest absolute Gasteiger partial charge is 0.262 e. The van der Waals surface area contributed by atoms with Crippen molar-refractivity contribution in [1.82, 2.24) is 5.32 Å². The maximum atomic E-state index is 12.7. The Morgan fingerprint density at radius 2 is 2.03 bits per heavy atom. The molecule has 2 atom stereocenters. The molecule has 0 radical (unpaired) electrons. The van der Waals surface area contributed by atoms with Crippen LogP contribution < -0.4 is 10.1 Å². The molecule has 0 bridgehead atoms. The van der Waals surface area contributed by atoms with Crippen LogP contribution in [0.5, 0.6) is 5.75 Å². The lowest BCUT2D eigenvalue weighted by Gasteiger charge is -2.29. The van der Waals surface area contributed by atoms with E-state index in [1.54, 1.807) is 6.08 Å². The molecule has 0 spiro atoms. The second-order valence-electron chi connectivity index (χ2n) is 7.47. The van der Waals surface area contributed by atoms with Gasteiger partial charge in [0.25, 0.3) is 5.91 Å². The van der Waals surface area contributed by atoms with Crippen molar-refractivity contribution in [2.24, 2.45) is 5.92 Å². The van der Waals surface area contributed by atoms with Crippen molar-refractivity contribution in [3.05, 3.63) is 70.3 Å². The lowest BCUT2D eigenvalue weighted by atomic mass is 9.86. The molecule has 5 heteroatoms. The number of halogens is 1. The first-order chi connectivity index (χ1) is 14.1. The van der Waals surface area contributed by atoms with E-state index in [1.165, 1.54) is 6.42 Å². The van der Waals surface area contributed by atoms with Crippen molar-refractivity contribution in [2.75, 3.05) is 0 Å². The van der Waals surface area contributed by atoms with Crippen LogP contribution in [0.25, 0.3) is 6.08 Å². The zero-order valence-corrected chi connectivity index (χ0v) is 17.3. The quantitative estimate of drug-likeness (QED) is 0.505. The van der Waals surface area contributed by atoms with E-state index in [2.05, 4.69) is 12.2 Å². The molecule has 0 aliphatic heterocycles. The zero-order chi connectivity index (χ0) is 20.6. The molecule has 0 saturated heterocycles. The third-order valence-electron chi connectivity index (χ3n) is 5.30. The van der Waals surface area contributed by atoms with Crippen molar-refractivity contribution >= 4 is 23.6 Å². The molecule has 1 aliphatic carbocycles. The van der Waals surface area contributed by atoms with Crippen LogP contribution in [0.15, 0.2) is 54.1 Å². The van der Waals surface area contributed by atoms with Gasteiger partial charge in [-0.25, -0.2) is 0 Å². The van der Waals surface area contributed by atoms with Crippen LogP contribution in [0.1, 0.15) is 43.7 Å². The Balaban J connectivity index is 1.73. The Bertz CT molecular complexity index is 932. The Labute approximate surface area is 177 Å². The fraction of sp³-hybridized carbons (Fsp3) is 0.333. The van der Waals surface area contributed by atoms with Crippen molar-refractivity contribution in [3.63, 3.8) is 0 Å². The van der Waals surface area contributed by atoms with E-state index in [0.29, 0.717) is 28.9 Å². The standard InChI is InChI=1S/C24H25ClN2O2/c1-17-7-2-4-11-22(17)27-24(28)20(15-26)14-19-9-3-5-12-23(19)29-16-18-8-6-10-21(25)13-18/h3,5-6,8-10,12-14,17,22H,2,4,7,11,16H2,1H3,(H,27,28)/b20-14+/t17-,22+/m0/s1.